The van der Waals surface area contributed by atoms with Crippen molar-refractivity contribution in [3.63, 3.8) is 0 Å². The van der Waals surface area contributed by atoms with Crippen molar-refractivity contribution in [3.05, 3.63) is 90.1 Å². The van der Waals surface area contributed by atoms with Gasteiger partial charge in [-0.2, -0.15) is 0 Å². The third-order valence-electron chi connectivity index (χ3n) is 7.26. The lowest BCUT2D eigenvalue weighted by Gasteiger charge is -2.25. The Morgan fingerprint density at radius 3 is 2.09 bits per heavy atom. The number of aromatic nitrogens is 3. The monoisotopic (exact) mass is 587 g/mol. The number of aromatic amines is 2. The van der Waals surface area contributed by atoms with E-state index in [1.54, 1.807) is 44.3 Å². The number of carboxylic acid groups (broad SMARTS) is 1. The summed E-state index contributed by atoms with van der Waals surface area (Å²) in [4.78, 5) is 62.4. The molecule has 43 heavy (non-hydrogen) atoms. The number of nitrogens with zero attached hydrogens (tertiary/aromatic N) is 1. The van der Waals surface area contributed by atoms with E-state index >= 15 is 0 Å². The summed E-state index contributed by atoms with van der Waals surface area (Å²) in [7, 11) is 0. The van der Waals surface area contributed by atoms with Gasteiger partial charge in [-0.1, -0.05) is 62.4 Å². The Labute approximate surface area is 248 Å². The van der Waals surface area contributed by atoms with Gasteiger partial charge in [0, 0.05) is 48.3 Å². The first kappa shape index (κ1) is 31.0. The number of carbonyl (C=O) groups excluding carboxylic acids is 3. The fourth-order valence-corrected chi connectivity index (χ4v) is 4.72. The van der Waals surface area contributed by atoms with E-state index in [-0.39, 0.29) is 25.2 Å². The summed E-state index contributed by atoms with van der Waals surface area (Å²) in [5.41, 5.74) is 9.02. The van der Waals surface area contributed by atoms with E-state index in [4.69, 9.17) is 5.73 Å². The van der Waals surface area contributed by atoms with Crippen LogP contribution in [0.5, 0.6) is 0 Å². The molecule has 12 nitrogen and oxygen atoms in total. The van der Waals surface area contributed by atoms with Crippen LogP contribution in [0.3, 0.4) is 0 Å². The molecule has 0 aliphatic rings. The molecule has 0 aliphatic heterocycles. The van der Waals surface area contributed by atoms with Gasteiger partial charge in [-0.05, 0) is 23.1 Å². The highest BCUT2D eigenvalue weighted by atomic mass is 16.4. The maximum absolute atomic E-state index is 13.8. The fraction of sp³-hybridized carbons (Fsp3) is 0.323. The lowest BCUT2D eigenvalue weighted by molar-refractivity contribution is -0.142. The van der Waals surface area contributed by atoms with Crippen molar-refractivity contribution in [1.29, 1.82) is 0 Å². The highest BCUT2D eigenvalue weighted by molar-refractivity contribution is 5.95. The van der Waals surface area contributed by atoms with Crippen LogP contribution >= 0.6 is 0 Å². The molecule has 4 rings (SSSR count). The topological polar surface area (TPSA) is 195 Å². The van der Waals surface area contributed by atoms with Crippen molar-refractivity contribution in [2.24, 2.45) is 11.7 Å². The molecule has 0 bridgehead atoms. The summed E-state index contributed by atoms with van der Waals surface area (Å²) in [5.74, 6) is -3.20. The molecule has 0 fully saturated rings. The van der Waals surface area contributed by atoms with Gasteiger partial charge < -0.3 is 36.8 Å². The molecule has 0 radical (unpaired) electrons. The molecular weight excluding hydrogens is 550 g/mol. The minimum atomic E-state index is -1.23. The summed E-state index contributed by atoms with van der Waals surface area (Å²) in [5, 5.41) is 18.8. The minimum Gasteiger partial charge on any atom is -0.480 e. The van der Waals surface area contributed by atoms with Crippen LogP contribution in [0.1, 0.15) is 30.7 Å². The third-order valence-corrected chi connectivity index (χ3v) is 7.26. The number of fused-ring (bicyclic) bond motifs is 1. The van der Waals surface area contributed by atoms with Crippen LogP contribution in [-0.2, 0) is 38.4 Å². The van der Waals surface area contributed by atoms with Gasteiger partial charge in [-0.3, -0.25) is 14.4 Å². The molecule has 0 saturated heterocycles. The zero-order valence-corrected chi connectivity index (χ0v) is 24.0. The van der Waals surface area contributed by atoms with Crippen molar-refractivity contribution in [1.82, 2.24) is 30.9 Å². The summed E-state index contributed by atoms with van der Waals surface area (Å²) < 4.78 is 0. The number of hydrogen-bond acceptors (Lipinski definition) is 6. The van der Waals surface area contributed by atoms with Gasteiger partial charge in [0.25, 0.3) is 0 Å². The number of carbonyl (C=O) groups is 4. The fourth-order valence-electron chi connectivity index (χ4n) is 4.72. The minimum absolute atomic E-state index is 0.00844. The van der Waals surface area contributed by atoms with Crippen LogP contribution in [0.2, 0.25) is 0 Å². The number of para-hydroxylation sites is 1. The average Bonchev–Trinajstić information content (AvgIpc) is 3.66. The van der Waals surface area contributed by atoms with Crippen LogP contribution in [0, 0.1) is 5.92 Å². The van der Waals surface area contributed by atoms with Gasteiger partial charge in [-0.25, -0.2) is 9.78 Å². The van der Waals surface area contributed by atoms with Crippen LogP contribution in [0.25, 0.3) is 10.9 Å². The predicted octanol–water partition coefficient (Wildman–Crippen LogP) is 1.44. The molecule has 8 N–H and O–H groups in total. The van der Waals surface area contributed by atoms with Crippen molar-refractivity contribution in [2.45, 2.75) is 57.3 Å². The Bertz CT molecular complexity index is 1530. The van der Waals surface area contributed by atoms with Gasteiger partial charge in [0.05, 0.1) is 12.4 Å². The predicted molar refractivity (Wildman–Crippen MR) is 161 cm³/mol. The number of carboxylic acids is 1. The zero-order valence-electron chi connectivity index (χ0n) is 24.0. The highest BCUT2D eigenvalue weighted by Gasteiger charge is 2.32. The summed E-state index contributed by atoms with van der Waals surface area (Å²) in [6, 6.07) is 12.2. The first-order valence-electron chi connectivity index (χ1n) is 14.1. The lowest BCUT2D eigenvalue weighted by atomic mass is 10.0. The lowest BCUT2D eigenvalue weighted by Crippen LogP contribution is -2.58. The standard InChI is InChI=1S/C31H37N7O5/c1-18(2)27(32)30(41)37-24(13-20-15-34-23-11-7-6-10-22(20)23)28(39)36-25(14-21-16-33-17-35-21)29(40)38-26(31(42)43)12-19-8-4-3-5-9-19/h3-11,15-18,24-27,34H,12-14,32H2,1-2H3,(H,33,35)(H,36,39)(H,37,41)(H,38,40)(H,42,43). The summed E-state index contributed by atoms with van der Waals surface area (Å²) >= 11 is 0. The Morgan fingerprint density at radius 2 is 1.44 bits per heavy atom. The summed E-state index contributed by atoms with van der Waals surface area (Å²) in [6.45, 7) is 3.61. The zero-order chi connectivity index (χ0) is 30.9. The van der Waals surface area contributed by atoms with Crippen molar-refractivity contribution >= 4 is 34.6 Å². The van der Waals surface area contributed by atoms with Gasteiger partial charge in [0.1, 0.15) is 18.1 Å². The van der Waals surface area contributed by atoms with E-state index < -0.39 is 47.9 Å². The first-order valence-corrected chi connectivity index (χ1v) is 14.1. The number of nitrogens with two attached hydrogens (primary N) is 1. The molecule has 3 amide bonds. The maximum atomic E-state index is 13.8. The Kier molecular flexibility index (Phi) is 10.3. The number of amides is 3. The molecule has 0 saturated carbocycles. The van der Waals surface area contributed by atoms with Crippen LogP contribution in [0.4, 0.5) is 0 Å². The largest absolute Gasteiger partial charge is 0.480 e. The second kappa shape index (κ2) is 14.3. The molecule has 4 atom stereocenters. The molecule has 0 spiro atoms. The number of H-pyrrole nitrogens is 2. The van der Waals surface area contributed by atoms with Gasteiger partial charge in [0.2, 0.25) is 17.7 Å². The van der Waals surface area contributed by atoms with E-state index in [0.29, 0.717) is 5.69 Å². The second-order valence-electron chi connectivity index (χ2n) is 10.8. The average molecular weight is 588 g/mol. The number of nitrogens with one attached hydrogen (secondary N) is 5. The van der Waals surface area contributed by atoms with Crippen LogP contribution in [-0.4, -0.2) is 67.9 Å². The van der Waals surface area contributed by atoms with Gasteiger partial charge in [-0.15, -0.1) is 0 Å². The summed E-state index contributed by atoms with van der Waals surface area (Å²) in [6.07, 6.45) is 4.91. The van der Waals surface area contributed by atoms with Crippen LogP contribution < -0.4 is 21.7 Å². The van der Waals surface area contributed by atoms with Gasteiger partial charge in [0.15, 0.2) is 0 Å². The Balaban J connectivity index is 1.57. The smallest absolute Gasteiger partial charge is 0.326 e. The van der Waals surface area contributed by atoms with Crippen LogP contribution in [0.15, 0.2) is 73.3 Å². The molecule has 0 aliphatic carbocycles. The van der Waals surface area contributed by atoms with E-state index in [1.807, 2.05) is 30.3 Å². The SMILES string of the molecule is CC(C)C(N)C(=O)NC(Cc1c[nH]c2ccccc12)C(=O)NC(Cc1cnc[nH]1)C(=O)NC(Cc1ccccc1)C(=O)O. The number of rotatable bonds is 14. The third kappa shape index (κ3) is 8.29. The van der Waals surface area contributed by atoms with E-state index in [1.165, 1.54) is 12.5 Å². The molecule has 12 heteroatoms. The second-order valence-corrected chi connectivity index (χ2v) is 10.8. The number of imidazole rings is 1. The van der Waals surface area contributed by atoms with Crippen molar-refractivity contribution < 1.29 is 24.3 Å². The number of aliphatic carboxylic acids is 1. The molecule has 2 heterocycles. The molecule has 4 unspecified atom stereocenters. The quantitative estimate of drug-likeness (QED) is 0.116. The highest BCUT2D eigenvalue weighted by Crippen LogP contribution is 2.19. The van der Waals surface area contributed by atoms with E-state index in [9.17, 15) is 24.3 Å². The normalized spacial score (nSPS) is 14.0. The molecule has 4 aromatic rings. The molecule has 2 aromatic heterocycles. The number of hydrogen-bond donors (Lipinski definition) is 7. The van der Waals surface area contributed by atoms with Gasteiger partial charge >= 0.3 is 5.97 Å². The molecule has 226 valence electrons. The first-order chi connectivity index (χ1) is 20.6. The Morgan fingerprint density at radius 1 is 0.814 bits per heavy atom. The van der Waals surface area contributed by atoms with E-state index in [0.717, 1.165) is 22.0 Å². The van der Waals surface area contributed by atoms with Crippen molar-refractivity contribution in [3.8, 4) is 0 Å². The molecular formula is C31H37N7O5. The molecule has 2 aromatic carbocycles. The van der Waals surface area contributed by atoms with E-state index in [2.05, 4.69) is 30.9 Å². The Hall–Kier alpha value is -4.97. The number of benzene rings is 2. The maximum Gasteiger partial charge on any atom is 0.326 e. The van der Waals surface area contributed by atoms with Crippen molar-refractivity contribution in [2.75, 3.05) is 0 Å².